The number of rotatable bonds is 8. The maximum atomic E-state index is 13.3. The van der Waals surface area contributed by atoms with Crippen molar-refractivity contribution in [1.82, 2.24) is 0 Å². The van der Waals surface area contributed by atoms with Crippen molar-refractivity contribution in [3.05, 3.63) is 31.9 Å². The Hall–Kier alpha value is -1.04. The Morgan fingerprint density at radius 1 is 0.867 bits per heavy atom. The second-order valence-electron chi connectivity index (χ2n) is 7.92. The van der Waals surface area contributed by atoms with E-state index in [2.05, 4.69) is 56.6 Å². The molecule has 1 aromatic carbocycles. The van der Waals surface area contributed by atoms with E-state index < -0.39 is 0 Å². The van der Waals surface area contributed by atoms with E-state index in [4.69, 9.17) is 0 Å². The monoisotopic (exact) mass is 508 g/mol. The fourth-order valence-corrected chi connectivity index (χ4v) is 6.32. The maximum Gasteiger partial charge on any atom is 0.165 e. The number of hydrogen-bond donors (Lipinski definition) is 0. The topological polar surface area (TPSA) is 34.1 Å². The van der Waals surface area contributed by atoms with Crippen LogP contribution in [0.4, 0.5) is 0 Å². The maximum absolute atomic E-state index is 13.3. The van der Waals surface area contributed by atoms with Gasteiger partial charge in [0.05, 0.1) is 3.79 Å². The van der Waals surface area contributed by atoms with Gasteiger partial charge in [0.25, 0.3) is 0 Å². The number of benzene rings is 1. The van der Waals surface area contributed by atoms with Gasteiger partial charge in [0, 0.05) is 49.0 Å². The number of carbonyl (C=O) groups excluding carboxylic acids is 2. The van der Waals surface area contributed by atoms with E-state index in [1.165, 1.54) is 0 Å². The number of aryl methyl sites for hydroxylation is 1. The minimum absolute atomic E-state index is 0.192. The summed E-state index contributed by atoms with van der Waals surface area (Å²) < 4.78 is 2.90. The van der Waals surface area contributed by atoms with Gasteiger partial charge in [-0.1, -0.05) is 54.4 Å². The highest BCUT2D eigenvalue weighted by Gasteiger charge is 2.26. The third-order valence-electron chi connectivity index (χ3n) is 5.57. The fraction of sp³-hybridized carbons (Fsp3) is 0.520. The Morgan fingerprint density at radius 2 is 1.30 bits per heavy atom. The van der Waals surface area contributed by atoms with Crippen molar-refractivity contribution in [1.29, 1.82) is 0 Å². The summed E-state index contributed by atoms with van der Waals surface area (Å²) in [6.07, 6.45) is 3.07. The van der Waals surface area contributed by atoms with Crippen molar-refractivity contribution in [3.63, 3.8) is 0 Å². The highest BCUT2D eigenvalue weighted by Crippen LogP contribution is 2.44. The molecular weight excluding hydrogens is 476 g/mol. The fourth-order valence-electron chi connectivity index (χ4n) is 3.54. The van der Waals surface area contributed by atoms with Crippen molar-refractivity contribution in [2.75, 3.05) is 0 Å². The first-order chi connectivity index (χ1) is 14.3. The van der Waals surface area contributed by atoms with Crippen LogP contribution in [0.25, 0.3) is 20.2 Å². The quantitative estimate of drug-likeness (QED) is 0.283. The molecule has 3 rings (SSSR count). The Kier molecular flexibility index (Phi) is 9.26. The van der Waals surface area contributed by atoms with Crippen LogP contribution in [0.3, 0.4) is 0 Å². The number of thiophene rings is 2. The van der Waals surface area contributed by atoms with Gasteiger partial charge in [-0.25, -0.2) is 0 Å². The minimum Gasteiger partial charge on any atom is -0.294 e. The molecule has 2 heterocycles. The number of hydrogen-bond acceptors (Lipinski definition) is 4. The molecule has 0 N–H and O–H groups in total. The molecule has 0 amide bonds. The average molecular weight is 510 g/mol. The third-order valence-corrected chi connectivity index (χ3v) is 8.29. The number of carbonyl (C=O) groups is 2. The standard InChI is InChI=1S/C23H27BrO2S2.C2H6/c1-6-12(3)8-17(25)20-15-10-14(5)27-22(15)21(18(26)9-13(4)7-2)16-11-19(24)28-23(16)20;1-2/h10-13H,6-9H2,1-5H3;1-2H3. The third kappa shape index (κ3) is 5.23. The summed E-state index contributed by atoms with van der Waals surface area (Å²) in [6, 6.07) is 4.12. The molecular formula is C25H33BrO2S2. The number of halogens is 1. The van der Waals surface area contributed by atoms with E-state index in [9.17, 15) is 9.59 Å². The van der Waals surface area contributed by atoms with Crippen LogP contribution in [0.2, 0.25) is 0 Å². The second kappa shape index (κ2) is 11.0. The van der Waals surface area contributed by atoms with Gasteiger partial charge in [-0.05, 0) is 46.8 Å². The Morgan fingerprint density at radius 3 is 1.77 bits per heavy atom. The zero-order valence-electron chi connectivity index (χ0n) is 19.1. The second-order valence-corrected chi connectivity index (χ2v) is 11.6. The summed E-state index contributed by atoms with van der Waals surface area (Å²) in [5.74, 6) is 1.09. The first kappa shape index (κ1) is 25.2. The highest BCUT2D eigenvalue weighted by atomic mass is 79.9. The van der Waals surface area contributed by atoms with Crippen LogP contribution >= 0.6 is 38.6 Å². The predicted molar refractivity (Wildman–Crippen MR) is 138 cm³/mol. The molecule has 0 spiro atoms. The summed E-state index contributed by atoms with van der Waals surface area (Å²) in [7, 11) is 0. The molecule has 0 aliphatic carbocycles. The molecule has 0 bridgehead atoms. The largest absolute Gasteiger partial charge is 0.294 e. The van der Waals surface area contributed by atoms with E-state index in [0.717, 1.165) is 52.8 Å². The van der Waals surface area contributed by atoms with Crippen LogP contribution < -0.4 is 0 Å². The molecule has 3 aromatic rings. The highest BCUT2D eigenvalue weighted by molar-refractivity contribution is 9.11. The molecule has 0 saturated carbocycles. The molecule has 164 valence electrons. The molecule has 0 radical (unpaired) electrons. The van der Waals surface area contributed by atoms with Gasteiger partial charge in [-0.2, -0.15) is 0 Å². The van der Waals surface area contributed by atoms with E-state index in [-0.39, 0.29) is 11.6 Å². The smallest absolute Gasteiger partial charge is 0.165 e. The van der Waals surface area contributed by atoms with E-state index in [0.29, 0.717) is 24.7 Å². The lowest BCUT2D eigenvalue weighted by molar-refractivity contribution is 0.0956. The van der Waals surface area contributed by atoms with E-state index in [1.807, 2.05) is 19.9 Å². The molecule has 2 atom stereocenters. The van der Waals surface area contributed by atoms with Crippen LogP contribution in [0, 0.1) is 18.8 Å². The van der Waals surface area contributed by atoms with Crippen molar-refractivity contribution < 1.29 is 9.59 Å². The van der Waals surface area contributed by atoms with Crippen molar-refractivity contribution in [2.45, 2.75) is 74.1 Å². The Labute approximate surface area is 197 Å². The lowest BCUT2D eigenvalue weighted by Crippen LogP contribution is -2.09. The molecule has 0 aliphatic rings. The normalized spacial score (nSPS) is 13.2. The zero-order valence-corrected chi connectivity index (χ0v) is 22.4. The lowest BCUT2D eigenvalue weighted by Gasteiger charge is -2.13. The Bertz CT molecular complexity index is 908. The molecule has 2 aromatic heterocycles. The van der Waals surface area contributed by atoms with Crippen LogP contribution in [-0.2, 0) is 0 Å². The zero-order chi connectivity index (χ0) is 22.6. The summed E-state index contributed by atoms with van der Waals surface area (Å²) in [5, 5.41) is 1.90. The molecule has 30 heavy (non-hydrogen) atoms. The van der Waals surface area contributed by atoms with Gasteiger partial charge in [0.1, 0.15) is 0 Å². The number of Topliss-reactive ketones (excluding diaryl/α,β-unsaturated/α-hetero) is 2. The molecule has 0 fully saturated rings. The van der Waals surface area contributed by atoms with Gasteiger partial charge in [-0.15, -0.1) is 22.7 Å². The summed E-state index contributed by atoms with van der Waals surface area (Å²) in [6.45, 7) is 14.5. The minimum atomic E-state index is 0.192. The number of ketones is 2. The van der Waals surface area contributed by atoms with Crippen LogP contribution in [0.1, 0.15) is 92.8 Å². The van der Waals surface area contributed by atoms with Crippen molar-refractivity contribution >= 4 is 70.3 Å². The molecule has 2 unspecified atom stereocenters. The van der Waals surface area contributed by atoms with E-state index >= 15 is 0 Å². The van der Waals surface area contributed by atoms with Gasteiger partial charge >= 0.3 is 0 Å². The van der Waals surface area contributed by atoms with Crippen molar-refractivity contribution in [3.8, 4) is 0 Å². The van der Waals surface area contributed by atoms with Gasteiger partial charge in [0.15, 0.2) is 11.6 Å². The molecule has 0 saturated heterocycles. The molecule has 5 heteroatoms. The summed E-state index contributed by atoms with van der Waals surface area (Å²) in [5.41, 5.74) is 1.62. The number of fused-ring (bicyclic) bond motifs is 2. The van der Waals surface area contributed by atoms with E-state index in [1.54, 1.807) is 22.7 Å². The summed E-state index contributed by atoms with van der Waals surface area (Å²) in [4.78, 5) is 27.7. The summed E-state index contributed by atoms with van der Waals surface area (Å²) >= 11 is 6.80. The lowest BCUT2D eigenvalue weighted by atomic mass is 9.90. The van der Waals surface area contributed by atoms with Gasteiger partial charge in [-0.3, -0.25) is 9.59 Å². The van der Waals surface area contributed by atoms with Gasteiger partial charge < -0.3 is 0 Å². The van der Waals surface area contributed by atoms with Crippen LogP contribution in [0.15, 0.2) is 15.9 Å². The van der Waals surface area contributed by atoms with Crippen LogP contribution in [0.5, 0.6) is 0 Å². The van der Waals surface area contributed by atoms with Gasteiger partial charge in [0.2, 0.25) is 0 Å². The Balaban J connectivity index is 0.00000155. The average Bonchev–Trinajstić information content (AvgIpc) is 3.27. The first-order valence-electron chi connectivity index (χ1n) is 11.0. The van der Waals surface area contributed by atoms with Crippen LogP contribution in [-0.4, -0.2) is 11.6 Å². The SMILES string of the molecule is CC.CCC(C)CC(=O)c1c2cc(Br)sc2c(C(=O)CC(C)CC)c2cc(C)sc12. The first-order valence-corrected chi connectivity index (χ1v) is 13.4. The molecule has 2 nitrogen and oxygen atoms in total. The van der Waals surface area contributed by atoms with Crippen molar-refractivity contribution in [2.24, 2.45) is 11.8 Å². The predicted octanol–water partition coefficient (Wildman–Crippen LogP) is 9.45. The molecule has 0 aliphatic heterocycles.